The summed E-state index contributed by atoms with van der Waals surface area (Å²) in [7, 11) is 4.16. The molecule has 120 valence electrons. The topological polar surface area (TPSA) is 54.5 Å². The summed E-state index contributed by atoms with van der Waals surface area (Å²) in [6, 6.07) is 0. The number of carbonyl (C=O) groups excluding carboxylic acids is 1. The molecule has 0 amide bonds. The molecule has 0 aliphatic carbocycles. The second-order valence-corrected chi connectivity index (χ2v) is 7.06. The summed E-state index contributed by atoms with van der Waals surface area (Å²) in [6.45, 7) is 8.60. The predicted molar refractivity (Wildman–Crippen MR) is 87.9 cm³/mol. The van der Waals surface area contributed by atoms with Crippen LogP contribution in [0.25, 0.3) is 0 Å². The number of rotatable bonds is 9. The third-order valence-electron chi connectivity index (χ3n) is 2.90. The van der Waals surface area contributed by atoms with Gasteiger partial charge in [-0.1, -0.05) is 13.8 Å². The first-order chi connectivity index (χ1) is 9.82. The van der Waals surface area contributed by atoms with Crippen molar-refractivity contribution in [3.05, 3.63) is 11.1 Å². The number of nitrogens with zero attached hydrogens (tertiary/aromatic N) is 2. The van der Waals surface area contributed by atoms with Gasteiger partial charge in [0.25, 0.3) is 0 Å². The smallest absolute Gasteiger partial charge is 0.306 e. The molecule has 1 heterocycles. The van der Waals surface area contributed by atoms with E-state index in [1.54, 1.807) is 11.3 Å². The van der Waals surface area contributed by atoms with Crippen LogP contribution >= 0.6 is 11.3 Å². The Morgan fingerprint density at radius 2 is 2.19 bits per heavy atom. The molecule has 0 fully saturated rings. The lowest BCUT2D eigenvalue weighted by molar-refractivity contribution is -0.143. The lowest BCUT2D eigenvalue weighted by Crippen LogP contribution is -2.34. The van der Waals surface area contributed by atoms with E-state index in [9.17, 15) is 4.79 Å². The van der Waals surface area contributed by atoms with Gasteiger partial charge in [0.15, 0.2) is 5.13 Å². The number of esters is 1. The molecule has 5 nitrogen and oxygen atoms in total. The maximum Gasteiger partial charge on any atom is 0.306 e. The molecule has 21 heavy (non-hydrogen) atoms. The number of hydrogen-bond acceptors (Lipinski definition) is 6. The largest absolute Gasteiger partial charge is 0.466 e. The molecule has 0 aromatic carbocycles. The number of thiazole rings is 1. The number of nitrogens with one attached hydrogen (secondary N) is 1. The van der Waals surface area contributed by atoms with Gasteiger partial charge in [-0.2, -0.15) is 0 Å². The molecule has 0 aliphatic heterocycles. The van der Waals surface area contributed by atoms with Gasteiger partial charge in [0, 0.05) is 24.9 Å². The van der Waals surface area contributed by atoms with Crippen LogP contribution in [-0.2, 0) is 16.0 Å². The van der Waals surface area contributed by atoms with Crippen molar-refractivity contribution in [2.24, 2.45) is 5.41 Å². The number of ether oxygens (including phenoxy) is 1. The van der Waals surface area contributed by atoms with Gasteiger partial charge < -0.3 is 15.0 Å². The highest BCUT2D eigenvalue weighted by atomic mass is 32.1. The summed E-state index contributed by atoms with van der Waals surface area (Å²) >= 11 is 1.59. The van der Waals surface area contributed by atoms with Crippen LogP contribution in [0.5, 0.6) is 0 Å². The maximum atomic E-state index is 11.3. The SMILES string of the molecule is CCOC(=O)CCc1csc(NCC(C)(C)CN(C)C)n1. The number of aryl methyl sites for hydroxylation is 1. The zero-order chi connectivity index (χ0) is 15.9. The number of carbonyl (C=O) groups is 1. The molecule has 1 N–H and O–H groups in total. The van der Waals surface area contributed by atoms with Crippen molar-refractivity contribution in [2.45, 2.75) is 33.6 Å². The number of hydrogen-bond donors (Lipinski definition) is 1. The fraction of sp³-hybridized carbons (Fsp3) is 0.733. The van der Waals surface area contributed by atoms with E-state index in [-0.39, 0.29) is 11.4 Å². The highest BCUT2D eigenvalue weighted by molar-refractivity contribution is 7.13. The Morgan fingerprint density at radius 1 is 1.48 bits per heavy atom. The van der Waals surface area contributed by atoms with Gasteiger partial charge in [0.1, 0.15) is 0 Å². The van der Waals surface area contributed by atoms with Crippen molar-refractivity contribution in [1.29, 1.82) is 0 Å². The van der Waals surface area contributed by atoms with Crippen molar-refractivity contribution in [3.8, 4) is 0 Å². The van der Waals surface area contributed by atoms with Crippen molar-refractivity contribution < 1.29 is 9.53 Å². The van der Waals surface area contributed by atoms with Gasteiger partial charge in [-0.05, 0) is 26.4 Å². The van der Waals surface area contributed by atoms with Crippen molar-refractivity contribution >= 4 is 22.4 Å². The van der Waals surface area contributed by atoms with E-state index in [1.165, 1.54) is 0 Å². The predicted octanol–water partition coefficient (Wildman–Crippen LogP) is 2.64. The summed E-state index contributed by atoms with van der Waals surface area (Å²) < 4.78 is 4.92. The molecule has 1 rings (SSSR count). The molecule has 0 radical (unpaired) electrons. The zero-order valence-electron chi connectivity index (χ0n) is 13.7. The molecular weight excluding hydrogens is 286 g/mol. The fourth-order valence-electron chi connectivity index (χ4n) is 2.19. The van der Waals surface area contributed by atoms with E-state index < -0.39 is 0 Å². The fourth-order valence-corrected chi connectivity index (χ4v) is 2.94. The highest BCUT2D eigenvalue weighted by Gasteiger charge is 2.19. The molecule has 0 spiro atoms. The zero-order valence-corrected chi connectivity index (χ0v) is 14.5. The van der Waals surface area contributed by atoms with Gasteiger partial charge in [-0.25, -0.2) is 4.98 Å². The maximum absolute atomic E-state index is 11.3. The van der Waals surface area contributed by atoms with Gasteiger partial charge in [-0.15, -0.1) is 11.3 Å². The van der Waals surface area contributed by atoms with Gasteiger partial charge in [0.05, 0.1) is 18.7 Å². The molecule has 0 aliphatic rings. The van der Waals surface area contributed by atoms with E-state index in [2.05, 4.69) is 43.1 Å². The summed E-state index contributed by atoms with van der Waals surface area (Å²) in [5, 5.41) is 6.31. The van der Waals surface area contributed by atoms with Gasteiger partial charge in [-0.3, -0.25) is 4.79 Å². The van der Waals surface area contributed by atoms with Crippen LogP contribution in [0.2, 0.25) is 0 Å². The van der Waals surface area contributed by atoms with Crippen LogP contribution in [0.1, 0.15) is 32.9 Å². The highest BCUT2D eigenvalue weighted by Crippen LogP contribution is 2.21. The Morgan fingerprint density at radius 3 is 2.81 bits per heavy atom. The Hall–Kier alpha value is -1.14. The monoisotopic (exact) mass is 313 g/mol. The molecular formula is C15H27N3O2S. The molecule has 6 heteroatoms. The second-order valence-electron chi connectivity index (χ2n) is 6.20. The van der Waals surface area contributed by atoms with Crippen LogP contribution in [0.15, 0.2) is 5.38 Å². The molecule has 0 saturated carbocycles. The van der Waals surface area contributed by atoms with Crippen molar-refractivity contribution in [3.63, 3.8) is 0 Å². The molecule has 0 atom stereocenters. The van der Waals surface area contributed by atoms with Crippen LogP contribution in [0.4, 0.5) is 5.13 Å². The third kappa shape index (κ3) is 7.43. The summed E-state index contributed by atoms with van der Waals surface area (Å²) in [5.41, 5.74) is 1.13. The standard InChI is InChI=1S/C15H27N3O2S/c1-6-20-13(19)8-7-12-9-21-14(17-12)16-10-15(2,3)11-18(4)5/h9H,6-8,10-11H2,1-5H3,(H,16,17). The van der Waals surface area contributed by atoms with Gasteiger partial charge in [0.2, 0.25) is 0 Å². The van der Waals surface area contributed by atoms with Crippen molar-refractivity contribution in [2.75, 3.05) is 39.1 Å². The van der Waals surface area contributed by atoms with E-state index in [0.717, 1.165) is 23.9 Å². The number of anilines is 1. The first-order valence-electron chi connectivity index (χ1n) is 7.31. The lowest BCUT2D eigenvalue weighted by Gasteiger charge is -2.28. The first-order valence-corrected chi connectivity index (χ1v) is 8.19. The van der Waals surface area contributed by atoms with Gasteiger partial charge >= 0.3 is 5.97 Å². The summed E-state index contributed by atoms with van der Waals surface area (Å²) in [5.74, 6) is -0.160. The minimum Gasteiger partial charge on any atom is -0.466 e. The Labute approximate surface area is 131 Å². The quantitative estimate of drug-likeness (QED) is 0.710. The van der Waals surface area contributed by atoms with Crippen LogP contribution in [-0.4, -0.2) is 49.6 Å². The van der Waals surface area contributed by atoms with Crippen molar-refractivity contribution in [1.82, 2.24) is 9.88 Å². The Kier molecular flexibility index (Phi) is 7.11. The van der Waals surface area contributed by atoms with E-state index in [1.807, 2.05) is 12.3 Å². The molecule has 0 unspecified atom stereocenters. The average molecular weight is 313 g/mol. The van der Waals surface area contributed by atoms with E-state index in [4.69, 9.17) is 4.74 Å². The molecule has 1 aromatic heterocycles. The lowest BCUT2D eigenvalue weighted by atomic mass is 9.93. The summed E-state index contributed by atoms with van der Waals surface area (Å²) in [4.78, 5) is 18.0. The summed E-state index contributed by atoms with van der Waals surface area (Å²) in [6.07, 6.45) is 1.03. The van der Waals surface area contributed by atoms with Crippen LogP contribution < -0.4 is 5.32 Å². The minimum atomic E-state index is -0.160. The normalized spacial score (nSPS) is 11.7. The van der Waals surface area contributed by atoms with Crippen LogP contribution in [0, 0.1) is 5.41 Å². The molecule has 0 saturated heterocycles. The molecule has 1 aromatic rings. The second kappa shape index (κ2) is 8.34. The first kappa shape index (κ1) is 17.9. The Balaban J connectivity index is 2.39. The average Bonchev–Trinajstić information content (AvgIpc) is 2.81. The van der Waals surface area contributed by atoms with E-state index in [0.29, 0.717) is 19.4 Å². The molecule has 0 bridgehead atoms. The van der Waals surface area contributed by atoms with E-state index >= 15 is 0 Å². The number of aromatic nitrogens is 1. The third-order valence-corrected chi connectivity index (χ3v) is 3.75. The van der Waals surface area contributed by atoms with Crippen LogP contribution in [0.3, 0.4) is 0 Å². The minimum absolute atomic E-state index is 0.160. The Bertz CT molecular complexity index is 444.